The van der Waals surface area contributed by atoms with Gasteiger partial charge in [0.15, 0.2) is 11.6 Å². The van der Waals surface area contributed by atoms with Gasteiger partial charge >= 0.3 is 6.09 Å². The molecule has 4 heterocycles. The molecule has 0 radical (unpaired) electrons. The SMILES string of the molecule is CC(C)OC(=O)N1CCC(N2CCOc3c(Nc4c(Cl)cncc4Cl)ncnc32)CC1. The number of ether oxygens (including phenoxy) is 2. The molecule has 9 nitrogen and oxygen atoms in total. The summed E-state index contributed by atoms with van der Waals surface area (Å²) < 4.78 is 11.2. The third-order valence-electron chi connectivity index (χ3n) is 5.23. The molecule has 11 heteroatoms. The summed E-state index contributed by atoms with van der Waals surface area (Å²) in [6.45, 7) is 6.20. The van der Waals surface area contributed by atoms with Crippen LogP contribution in [0.2, 0.25) is 10.0 Å². The highest BCUT2D eigenvalue weighted by Gasteiger charge is 2.33. The molecule has 2 aliphatic rings. The number of aromatic nitrogens is 3. The molecule has 0 atom stereocenters. The first-order valence-electron chi connectivity index (χ1n) is 10.2. The molecule has 166 valence electrons. The summed E-state index contributed by atoms with van der Waals surface area (Å²) in [6.07, 6.45) is 5.77. The molecule has 1 fully saturated rings. The monoisotopic (exact) mass is 466 g/mol. The van der Waals surface area contributed by atoms with E-state index >= 15 is 0 Å². The lowest BCUT2D eigenvalue weighted by atomic mass is 10.0. The summed E-state index contributed by atoms with van der Waals surface area (Å²) in [7, 11) is 0. The average Bonchev–Trinajstić information content (AvgIpc) is 2.76. The molecule has 4 rings (SSSR count). The lowest BCUT2D eigenvalue weighted by molar-refractivity contribution is 0.0687. The lowest BCUT2D eigenvalue weighted by Crippen LogP contribution is -2.49. The van der Waals surface area contributed by atoms with Crippen LogP contribution in [0.1, 0.15) is 26.7 Å². The van der Waals surface area contributed by atoms with E-state index in [9.17, 15) is 4.79 Å². The number of hydrogen-bond acceptors (Lipinski definition) is 8. The van der Waals surface area contributed by atoms with Gasteiger partial charge in [0, 0.05) is 31.5 Å². The predicted molar refractivity (Wildman–Crippen MR) is 119 cm³/mol. The number of halogens is 2. The van der Waals surface area contributed by atoms with Crippen LogP contribution in [0.5, 0.6) is 5.75 Å². The molecule has 1 saturated heterocycles. The fourth-order valence-corrected chi connectivity index (χ4v) is 4.24. The maximum atomic E-state index is 12.2. The van der Waals surface area contributed by atoms with Crippen LogP contribution in [0.4, 0.5) is 22.1 Å². The quantitative estimate of drug-likeness (QED) is 0.718. The Morgan fingerprint density at radius 1 is 1.19 bits per heavy atom. The average molecular weight is 467 g/mol. The van der Waals surface area contributed by atoms with Crippen LogP contribution >= 0.6 is 23.2 Å². The zero-order valence-electron chi connectivity index (χ0n) is 17.3. The molecule has 31 heavy (non-hydrogen) atoms. The molecular weight excluding hydrogens is 443 g/mol. The van der Waals surface area contributed by atoms with E-state index in [0.29, 0.717) is 59.4 Å². The Labute approximate surface area is 190 Å². The number of nitrogens with zero attached hydrogens (tertiary/aromatic N) is 5. The molecule has 0 unspecified atom stereocenters. The number of pyridine rings is 1. The Morgan fingerprint density at radius 3 is 2.58 bits per heavy atom. The topological polar surface area (TPSA) is 92.7 Å². The van der Waals surface area contributed by atoms with E-state index in [0.717, 1.165) is 12.8 Å². The number of rotatable bonds is 4. The largest absolute Gasteiger partial charge is 0.485 e. The highest BCUT2D eigenvalue weighted by molar-refractivity contribution is 6.39. The van der Waals surface area contributed by atoms with E-state index in [1.54, 1.807) is 4.90 Å². The molecule has 2 aliphatic heterocycles. The summed E-state index contributed by atoms with van der Waals surface area (Å²) in [5.41, 5.74) is 0.511. The van der Waals surface area contributed by atoms with Crippen molar-refractivity contribution in [3.05, 3.63) is 28.8 Å². The Hall–Kier alpha value is -2.52. The molecule has 2 aromatic heterocycles. The summed E-state index contributed by atoms with van der Waals surface area (Å²) >= 11 is 12.5. The fourth-order valence-electron chi connectivity index (χ4n) is 3.78. The van der Waals surface area contributed by atoms with Crippen LogP contribution < -0.4 is 15.0 Å². The van der Waals surface area contributed by atoms with Crippen LogP contribution in [-0.4, -0.2) is 64.3 Å². The first-order chi connectivity index (χ1) is 14.9. The van der Waals surface area contributed by atoms with E-state index in [1.165, 1.54) is 18.7 Å². The number of carbonyl (C=O) groups is 1. The predicted octanol–water partition coefficient (Wildman–Crippen LogP) is 4.13. The van der Waals surface area contributed by atoms with Crippen molar-refractivity contribution in [3.63, 3.8) is 0 Å². The molecule has 0 spiro atoms. The van der Waals surface area contributed by atoms with Crippen molar-refractivity contribution in [1.82, 2.24) is 19.9 Å². The number of fused-ring (bicyclic) bond motifs is 1. The second-order valence-corrected chi connectivity index (χ2v) is 8.49. The number of hydrogen-bond donors (Lipinski definition) is 1. The van der Waals surface area contributed by atoms with Gasteiger partial charge in [0.25, 0.3) is 0 Å². The Kier molecular flexibility index (Phi) is 6.52. The smallest absolute Gasteiger partial charge is 0.410 e. The first kappa shape index (κ1) is 21.7. The van der Waals surface area contributed by atoms with Crippen LogP contribution in [0.15, 0.2) is 18.7 Å². The zero-order valence-corrected chi connectivity index (χ0v) is 18.9. The second-order valence-electron chi connectivity index (χ2n) is 7.67. The molecule has 0 saturated carbocycles. The maximum Gasteiger partial charge on any atom is 0.410 e. The molecule has 0 bridgehead atoms. The molecule has 1 N–H and O–H groups in total. The molecular formula is C20H24Cl2N6O3. The van der Waals surface area contributed by atoms with Gasteiger partial charge < -0.3 is 24.6 Å². The Balaban J connectivity index is 1.51. The number of nitrogens with one attached hydrogen (secondary N) is 1. The maximum absolute atomic E-state index is 12.2. The minimum absolute atomic E-state index is 0.124. The van der Waals surface area contributed by atoms with Crippen molar-refractivity contribution in [1.29, 1.82) is 0 Å². The summed E-state index contributed by atoms with van der Waals surface area (Å²) in [6, 6.07) is 0.238. The van der Waals surface area contributed by atoms with E-state index < -0.39 is 0 Å². The molecule has 0 aliphatic carbocycles. The Morgan fingerprint density at radius 2 is 1.90 bits per heavy atom. The summed E-state index contributed by atoms with van der Waals surface area (Å²) in [5, 5.41) is 3.92. The molecule has 0 aromatic carbocycles. The van der Waals surface area contributed by atoms with Gasteiger partial charge in [-0.15, -0.1) is 0 Å². The zero-order chi connectivity index (χ0) is 22.0. The van der Waals surface area contributed by atoms with Crippen LogP contribution in [0.25, 0.3) is 0 Å². The van der Waals surface area contributed by atoms with Crippen molar-refractivity contribution in [2.75, 3.05) is 36.5 Å². The van der Waals surface area contributed by atoms with Crippen molar-refractivity contribution in [2.24, 2.45) is 0 Å². The summed E-state index contributed by atoms with van der Waals surface area (Å²) in [5.74, 6) is 1.76. The number of anilines is 3. The highest BCUT2D eigenvalue weighted by Crippen LogP contribution is 2.40. The minimum atomic E-state index is -0.254. The third-order valence-corrected chi connectivity index (χ3v) is 5.81. The van der Waals surface area contributed by atoms with Gasteiger partial charge in [-0.05, 0) is 26.7 Å². The summed E-state index contributed by atoms with van der Waals surface area (Å²) in [4.78, 5) is 29.0. The van der Waals surface area contributed by atoms with E-state index in [2.05, 4.69) is 25.2 Å². The number of amides is 1. The minimum Gasteiger partial charge on any atom is -0.485 e. The van der Waals surface area contributed by atoms with Gasteiger partial charge in [-0.1, -0.05) is 23.2 Å². The van der Waals surface area contributed by atoms with Crippen molar-refractivity contribution < 1.29 is 14.3 Å². The van der Waals surface area contributed by atoms with Gasteiger partial charge in [0.1, 0.15) is 12.9 Å². The van der Waals surface area contributed by atoms with E-state index in [1.807, 2.05) is 13.8 Å². The van der Waals surface area contributed by atoms with Crippen molar-refractivity contribution in [3.8, 4) is 5.75 Å². The van der Waals surface area contributed by atoms with E-state index in [4.69, 9.17) is 32.7 Å². The van der Waals surface area contributed by atoms with Crippen molar-refractivity contribution in [2.45, 2.75) is 38.8 Å². The molecule has 2 aromatic rings. The van der Waals surface area contributed by atoms with E-state index in [-0.39, 0.29) is 18.2 Å². The standard InChI is InChI=1S/C20H24Cl2N6O3/c1-12(2)31-20(29)27-5-3-13(4-6-27)28-7-8-30-17-18(24-11-25-19(17)28)26-16-14(21)9-23-10-15(16)22/h9-13H,3-8H2,1-2H3,(H,23,24,25,26). The highest BCUT2D eigenvalue weighted by atomic mass is 35.5. The van der Waals surface area contributed by atoms with Gasteiger partial charge in [-0.3, -0.25) is 4.98 Å². The second kappa shape index (κ2) is 9.32. The lowest BCUT2D eigenvalue weighted by Gasteiger charge is -2.41. The fraction of sp³-hybridized carbons (Fsp3) is 0.500. The van der Waals surface area contributed by atoms with Gasteiger partial charge in [-0.2, -0.15) is 0 Å². The van der Waals surface area contributed by atoms with Crippen molar-refractivity contribution >= 4 is 46.6 Å². The van der Waals surface area contributed by atoms with Gasteiger partial charge in [0.2, 0.25) is 5.75 Å². The number of carbonyl (C=O) groups excluding carboxylic acids is 1. The molecule has 1 amide bonds. The number of likely N-dealkylation sites (tertiary alicyclic amines) is 1. The first-order valence-corrected chi connectivity index (χ1v) is 11.0. The van der Waals surface area contributed by atoms with Gasteiger partial charge in [-0.25, -0.2) is 14.8 Å². The Bertz CT molecular complexity index is 932. The van der Waals surface area contributed by atoms with Crippen LogP contribution in [-0.2, 0) is 4.74 Å². The third kappa shape index (κ3) is 4.72. The van der Waals surface area contributed by atoms with Crippen LogP contribution in [0.3, 0.4) is 0 Å². The van der Waals surface area contributed by atoms with Gasteiger partial charge in [0.05, 0.1) is 28.4 Å². The normalized spacial score (nSPS) is 16.7. The van der Waals surface area contributed by atoms with Crippen LogP contribution in [0, 0.1) is 0 Å². The number of piperidine rings is 1.